The van der Waals surface area contributed by atoms with Crippen LogP contribution in [0.25, 0.3) is 0 Å². The number of carbonyl (C=O) groups excluding carboxylic acids is 1. The van der Waals surface area contributed by atoms with Crippen molar-refractivity contribution >= 4 is 34.1 Å². The van der Waals surface area contributed by atoms with Crippen LogP contribution in [-0.2, 0) is 6.42 Å². The van der Waals surface area contributed by atoms with Gasteiger partial charge in [0.2, 0.25) is 0 Å². The number of benzene rings is 2. The Bertz CT molecular complexity index is 985. The summed E-state index contributed by atoms with van der Waals surface area (Å²) in [5.74, 6) is 0. The molecule has 0 radical (unpaired) electrons. The Kier molecular flexibility index (Phi) is 6.07. The predicted octanol–water partition coefficient (Wildman–Crippen LogP) is 4.58. The zero-order valence-electron chi connectivity index (χ0n) is 16.2. The minimum absolute atomic E-state index is 0.481. The zero-order valence-corrected chi connectivity index (χ0v) is 17.0. The molecule has 0 aliphatic heterocycles. The van der Waals surface area contributed by atoms with Crippen LogP contribution in [0.2, 0.25) is 0 Å². The molecule has 1 heterocycles. The van der Waals surface area contributed by atoms with Gasteiger partial charge in [-0.1, -0.05) is 12.1 Å². The third kappa shape index (κ3) is 4.38. The number of anilines is 3. The summed E-state index contributed by atoms with van der Waals surface area (Å²) < 4.78 is 0. The van der Waals surface area contributed by atoms with E-state index in [9.17, 15) is 4.79 Å². The lowest BCUT2D eigenvalue weighted by molar-refractivity contribution is 0.111. The fraction of sp³-hybridized carbons (Fsp3) is 0.227. The van der Waals surface area contributed by atoms with E-state index in [2.05, 4.69) is 45.1 Å². The third-order valence-corrected chi connectivity index (χ3v) is 5.56. The van der Waals surface area contributed by atoms with Crippen molar-refractivity contribution in [3.05, 3.63) is 70.2 Å². The average molecular weight is 391 g/mol. The van der Waals surface area contributed by atoms with E-state index in [1.165, 1.54) is 22.6 Å². The maximum Gasteiger partial charge on any atom is 0.190 e. The van der Waals surface area contributed by atoms with Crippen molar-refractivity contribution in [3.63, 3.8) is 0 Å². The Morgan fingerprint density at radius 2 is 1.71 bits per heavy atom. The molecule has 6 heteroatoms. The number of thiazole rings is 1. The molecule has 28 heavy (non-hydrogen) atoms. The van der Waals surface area contributed by atoms with Gasteiger partial charge in [0.15, 0.2) is 11.4 Å². The van der Waals surface area contributed by atoms with E-state index in [1.807, 2.05) is 33.2 Å². The van der Waals surface area contributed by atoms with Crippen LogP contribution >= 0.6 is 11.3 Å². The van der Waals surface area contributed by atoms with Gasteiger partial charge in [-0.15, -0.1) is 11.3 Å². The van der Waals surface area contributed by atoms with Crippen molar-refractivity contribution in [2.75, 3.05) is 30.4 Å². The molecule has 0 aliphatic carbocycles. The van der Waals surface area contributed by atoms with E-state index >= 15 is 0 Å². The highest BCUT2D eigenvalue weighted by Crippen LogP contribution is 2.31. The van der Waals surface area contributed by atoms with Gasteiger partial charge in [-0.05, 0) is 55.3 Å². The molecule has 0 saturated heterocycles. The highest BCUT2D eigenvalue weighted by molar-refractivity contribution is 7.15. The number of rotatable bonds is 7. The van der Waals surface area contributed by atoms with Crippen LogP contribution in [0.15, 0.2) is 48.5 Å². The van der Waals surface area contributed by atoms with E-state index < -0.39 is 0 Å². The summed E-state index contributed by atoms with van der Waals surface area (Å²) in [6, 6.07) is 18.1. The molecule has 0 aliphatic rings. The quantitative estimate of drug-likeness (QED) is 0.553. The number of aromatic nitrogens is 1. The molecular formula is C22H22N4OS. The van der Waals surface area contributed by atoms with E-state index in [0.29, 0.717) is 11.3 Å². The second-order valence-corrected chi connectivity index (χ2v) is 7.86. The molecule has 0 amide bonds. The highest BCUT2D eigenvalue weighted by Gasteiger charge is 2.16. The van der Waals surface area contributed by atoms with Crippen molar-refractivity contribution in [1.29, 1.82) is 5.26 Å². The first-order valence-corrected chi connectivity index (χ1v) is 9.80. The number of nitrogens with zero attached hydrogens (tertiary/aromatic N) is 4. The summed E-state index contributed by atoms with van der Waals surface area (Å²) in [5.41, 5.74) is 4.45. The van der Waals surface area contributed by atoms with Gasteiger partial charge in [-0.2, -0.15) is 5.26 Å². The third-order valence-electron chi connectivity index (χ3n) is 4.55. The SMILES string of the molecule is Cc1sc(N(CCc2ccc(N(C)C)cc2)c2ccc(C#N)cc2)nc1C=O. The first kappa shape index (κ1) is 19.6. The highest BCUT2D eigenvalue weighted by atomic mass is 32.1. The Hall–Kier alpha value is -3.17. The molecule has 0 bridgehead atoms. The minimum Gasteiger partial charge on any atom is -0.378 e. The summed E-state index contributed by atoms with van der Waals surface area (Å²) in [6.07, 6.45) is 1.63. The predicted molar refractivity (Wildman–Crippen MR) is 115 cm³/mol. The van der Waals surface area contributed by atoms with Crippen molar-refractivity contribution < 1.29 is 4.79 Å². The van der Waals surface area contributed by atoms with Gasteiger partial charge in [0.05, 0.1) is 11.6 Å². The van der Waals surface area contributed by atoms with Gasteiger partial charge >= 0.3 is 0 Å². The maximum atomic E-state index is 11.2. The van der Waals surface area contributed by atoms with Gasteiger partial charge in [0.1, 0.15) is 5.69 Å². The molecular weight excluding hydrogens is 368 g/mol. The Morgan fingerprint density at radius 1 is 1.07 bits per heavy atom. The van der Waals surface area contributed by atoms with Crippen molar-refractivity contribution in [1.82, 2.24) is 4.98 Å². The maximum absolute atomic E-state index is 11.2. The molecule has 3 rings (SSSR count). The summed E-state index contributed by atoms with van der Waals surface area (Å²) in [5, 5.41) is 9.84. The smallest absolute Gasteiger partial charge is 0.190 e. The normalized spacial score (nSPS) is 10.4. The second-order valence-electron chi connectivity index (χ2n) is 6.68. The molecule has 0 atom stereocenters. The molecule has 142 valence electrons. The van der Waals surface area contributed by atoms with Gasteiger partial charge in [-0.25, -0.2) is 4.98 Å². The summed E-state index contributed by atoms with van der Waals surface area (Å²) >= 11 is 1.51. The molecule has 0 fully saturated rings. The Labute approximate surface area is 169 Å². The van der Waals surface area contributed by atoms with Crippen LogP contribution in [0.5, 0.6) is 0 Å². The molecule has 0 spiro atoms. The van der Waals surface area contributed by atoms with Gasteiger partial charge < -0.3 is 9.80 Å². The largest absolute Gasteiger partial charge is 0.378 e. The van der Waals surface area contributed by atoms with Crippen LogP contribution in [0.4, 0.5) is 16.5 Å². The van der Waals surface area contributed by atoms with E-state index in [4.69, 9.17) is 5.26 Å². The fourth-order valence-electron chi connectivity index (χ4n) is 2.87. The fourth-order valence-corrected chi connectivity index (χ4v) is 3.79. The molecule has 0 unspecified atom stereocenters. The van der Waals surface area contributed by atoms with Crippen molar-refractivity contribution in [2.24, 2.45) is 0 Å². The van der Waals surface area contributed by atoms with E-state index in [1.54, 1.807) is 12.1 Å². The van der Waals surface area contributed by atoms with Crippen LogP contribution < -0.4 is 9.80 Å². The second kappa shape index (κ2) is 8.68. The average Bonchev–Trinajstić information content (AvgIpc) is 3.09. The topological polar surface area (TPSA) is 60.2 Å². The minimum atomic E-state index is 0.481. The molecule has 5 nitrogen and oxygen atoms in total. The Balaban J connectivity index is 1.86. The summed E-state index contributed by atoms with van der Waals surface area (Å²) in [4.78, 5) is 20.8. The number of carbonyl (C=O) groups is 1. The summed E-state index contributed by atoms with van der Waals surface area (Å²) in [7, 11) is 4.05. The van der Waals surface area contributed by atoms with Crippen molar-refractivity contribution in [2.45, 2.75) is 13.3 Å². The first-order chi connectivity index (χ1) is 13.5. The molecule has 3 aromatic rings. The van der Waals surface area contributed by atoms with Crippen LogP contribution in [-0.4, -0.2) is 31.9 Å². The lowest BCUT2D eigenvalue weighted by Crippen LogP contribution is -2.20. The lowest BCUT2D eigenvalue weighted by atomic mass is 10.1. The van der Waals surface area contributed by atoms with Gasteiger partial charge in [0, 0.05) is 36.9 Å². The number of hydrogen-bond donors (Lipinski definition) is 0. The molecule has 0 N–H and O–H groups in total. The van der Waals surface area contributed by atoms with Crippen LogP contribution in [0.3, 0.4) is 0 Å². The zero-order chi connectivity index (χ0) is 20.1. The molecule has 0 saturated carbocycles. The molecule has 2 aromatic carbocycles. The summed E-state index contributed by atoms with van der Waals surface area (Å²) in [6.45, 7) is 2.63. The van der Waals surface area contributed by atoms with E-state index in [0.717, 1.165) is 34.9 Å². The molecule has 1 aromatic heterocycles. The standard InChI is InChI=1S/C22H22N4OS/c1-16-21(15-27)24-22(28-16)26(20-10-6-18(14-23)7-11-20)13-12-17-4-8-19(9-5-17)25(2)3/h4-11,15H,12-13H2,1-3H3. The van der Waals surface area contributed by atoms with Gasteiger partial charge in [-0.3, -0.25) is 4.79 Å². The first-order valence-electron chi connectivity index (χ1n) is 8.98. The number of hydrogen-bond acceptors (Lipinski definition) is 6. The van der Waals surface area contributed by atoms with Crippen molar-refractivity contribution in [3.8, 4) is 6.07 Å². The number of aryl methyl sites for hydroxylation is 1. The lowest BCUT2D eigenvalue weighted by Gasteiger charge is -2.22. The van der Waals surface area contributed by atoms with Crippen LogP contribution in [0, 0.1) is 18.3 Å². The Morgan fingerprint density at radius 3 is 2.25 bits per heavy atom. The van der Waals surface area contributed by atoms with E-state index in [-0.39, 0.29) is 0 Å². The number of aldehydes is 1. The monoisotopic (exact) mass is 390 g/mol. The van der Waals surface area contributed by atoms with Gasteiger partial charge in [0.25, 0.3) is 0 Å². The van der Waals surface area contributed by atoms with Crippen LogP contribution in [0.1, 0.15) is 26.5 Å². The number of nitriles is 1.